The number of Topliss-reactive ketones (excluding diaryl/α,β-unsaturated/α-hetero) is 1. The van der Waals surface area contributed by atoms with Crippen LogP contribution < -0.4 is 5.32 Å². The molecule has 1 heterocycles. The number of sulfonamides is 1. The number of nitrogens with zero attached hydrogens (tertiary/aromatic N) is 2. The number of halogens is 3. The average molecular weight is 544 g/mol. The van der Waals surface area contributed by atoms with Crippen LogP contribution in [0.4, 0.5) is 24.5 Å². The molecule has 1 N–H and O–H groups in total. The third kappa shape index (κ3) is 6.63. The number of nitrogens with one attached hydrogen (secondary N) is 1. The van der Waals surface area contributed by atoms with Crippen molar-refractivity contribution in [2.24, 2.45) is 5.92 Å². The van der Waals surface area contributed by atoms with Gasteiger partial charge in [0.1, 0.15) is 5.69 Å². The van der Waals surface area contributed by atoms with Crippen molar-refractivity contribution in [2.45, 2.75) is 30.8 Å². The molecule has 2 aromatic carbocycles. The molecule has 0 unspecified atom stereocenters. The molecule has 3 rings (SSSR count). The number of esters is 1. The maximum atomic E-state index is 13.1. The number of nitro groups is 1. The summed E-state index contributed by atoms with van der Waals surface area (Å²) in [4.78, 5) is 34.7. The van der Waals surface area contributed by atoms with E-state index in [1.807, 2.05) is 0 Å². The first kappa shape index (κ1) is 28.1. The molecular weight excluding hydrogens is 519 g/mol. The van der Waals surface area contributed by atoms with Crippen LogP contribution >= 0.6 is 0 Å². The predicted octanol–water partition coefficient (Wildman–Crippen LogP) is 3.87. The Morgan fingerprint density at radius 3 is 2.43 bits per heavy atom. The number of benzene rings is 2. The molecule has 0 aliphatic carbocycles. The lowest BCUT2D eigenvalue weighted by atomic mass is 9.98. The summed E-state index contributed by atoms with van der Waals surface area (Å²) < 4.78 is 71.0. The largest absolute Gasteiger partial charge is 0.466 e. The zero-order valence-electron chi connectivity index (χ0n) is 19.7. The second kappa shape index (κ2) is 11.3. The van der Waals surface area contributed by atoms with Crippen molar-refractivity contribution in [2.75, 3.05) is 31.6 Å². The Bertz CT molecular complexity index is 1290. The zero-order chi connectivity index (χ0) is 27.4. The highest BCUT2D eigenvalue weighted by molar-refractivity contribution is 7.89. The first-order valence-electron chi connectivity index (χ1n) is 11.2. The SMILES string of the molecule is CCOC(=O)C1CCN(S(=O)(=O)c2cccc(C(=O)CNc3ccc(C(F)(F)F)cc3[N+](=O)[O-])c2)CC1. The van der Waals surface area contributed by atoms with E-state index in [1.54, 1.807) is 6.92 Å². The molecule has 2 aromatic rings. The summed E-state index contributed by atoms with van der Waals surface area (Å²) in [5.74, 6) is -1.39. The van der Waals surface area contributed by atoms with Gasteiger partial charge in [-0.15, -0.1) is 0 Å². The van der Waals surface area contributed by atoms with Crippen LogP contribution in [0, 0.1) is 16.0 Å². The third-order valence-corrected chi connectivity index (χ3v) is 7.72. The van der Waals surface area contributed by atoms with Gasteiger partial charge in [0.2, 0.25) is 10.0 Å². The highest BCUT2D eigenvalue weighted by Gasteiger charge is 2.34. The van der Waals surface area contributed by atoms with E-state index >= 15 is 0 Å². The van der Waals surface area contributed by atoms with E-state index in [2.05, 4.69) is 5.32 Å². The van der Waals surface area contributed by atoms with Crippen LogP contribution in [0.1, 0.15) is 35.7 Å². The van der Waals surface area contributed by atoms with Gasteiger partial charge in [0.25, 0.3) is 5.69 Å². The van der Waals surface area contributed by atoms with Crippen molar-refractivity contribution in [3.05, 3.63) is 63.7 Å². The Balaban J connectivity index is 1.71. The van der Waals surface area contributed by atoms with Crippen LogP contribution in [0.15, 0.2) is 47.4 Å². The third-order valence-electron chi connectivity index (χ3n) is 5.83. The van der Waals surface area contributed by atoms with Gasteiger partial charge < -0.3 is 10.1 Å². The number of carbonyl (C=O) groups is 2. The van der Waals surface area contributed by atoms with Gasteiger partial charge in [-0.05, 0) is 44.0 Å². The standard InChI is InChI=1S/C23H24F3N3O7S/c1-2-36-22(31)15-8-10-28(11-9-15)37(34,35)18-5-3-4-16(12-18)21(30)14-27-19-7-6-17(23(24,25)26)13-20(19)29(32)33/h3-7,12-13,15,27H,2,8-11,14H2,1H3. The summed E-state index contributed by atoms with van der Waals surface area (Å²) in [6.45, 7) is 1.60. The fraction of sp³-hybridized carbons (Fsp3) is 0.391. The number of alkyl halides is 3. The van der Waals surface area contributed by atoms with E-state index in [9.17, 15) is 41.3 Å². The molecule has 0 spiro atoms. The summed E-state index contributed by atoms with van der Waals surface area (Å²) in [5, 5.41) is 13.7. The van der Waals surface area contributed by atoms with Gasteiger partial charge in [0, 0.05) is 24.7 Å². The molecule has 0 atom stereocenters. The fourth-order valence-corrected chi connectivity index (χ4v) is 5.37. The Labute approximate surface area is 210 Å². The molecular formula is C23H24F3N3O7S. The average Bonchev–Trinajstić information content (AvgIpc) is 2.86. The molecule has 1 aliphatic rings. The summed E-state index contributed by atoms with van der Waals surface area (Å²) in [6.07, 6.45) is -4.18. The van der Waals surface area contributed by atoms with Gasteiger partial charge in [-0.25, -0.2) is 8.42 Å². The minimum absolute atomic E-state index is 0.00968. The Morgan fingerprint density at radius 2 is 1.84 bits per heavy atom. The Hall–Kier alpha value is -3.52. The van der Waals surface area contributed by atoms with Gasteiger partial charge in [0.05, 0.1) is 34.5 Å². The van der Waals surface area contributed by atoms with E-state index < -0.39 is 44.7 Å². The maximum absolute atomic E-state index is 13.1. The van der Waals surface area contributed by atoms with E-state index in [0.717, 1.165) is 12.1 Å². The highest BCUT2D eigenvalue weighted by Crippen LogP contribution is 2.35. The van der Waals surface area contributed by atoms with Crippen LogP contribution in [0.25, 0.3) is 0 Å². The number of piperidine rings is 1. The molecule has 0 amide bonds. The van der Waals surface area contributed by atoms with Crippen molar-refractivity contribution < 1.29 is 40.8 Å². The van der Waals surface area contributed by atoms with Crippen molar-refractivity contribution >= 4 is 33.2 Å². The zero-order valence-corrected chi connectivity index (χ0v) is 20.5. The lowest BCUT2D eigenvalue weighted by Crippen LogP contribution is -2.40. The number of carbonyl (C=O) groups excluding carboxylic acids is 2. The van der Waals surface area contributed by atoms with Crippen molar-refractivity contribution in [1.82, 2.24) is 4.31 Å². The minimum atomic E-state index is -4.78. The minimum Gasteiger partial charge on any atom is -0.466 e. The summed E-state index contributed by atoms with van der Waals surface area (Å²) >= 11 is 0. The molecule has 0 bridgehead atoms. The van der Waals surface area contributed by atoms with Crippen molar-refractivity contribution in [1.29, 1.82) is 0 Å². The molecule has 1 aliphatic heterocycles. The highest BCUT2D eigenvalue weighted by atomic mass is 32.2. The molecule has 1 fully saturated rings. The van der Waals surface area contributed by atoms with Gasteiger partial charge in [-0.3, -0.25) is 19.7 Å². The van der Waals surface area contributed by atoms with Gasteiger partial charge in [-0.1, -0.05) is 12.1 Å². The lowest BCUT2D eigenvalue weighted by Gasteiger charge is -2.30. The number of hydrogen-bond donors (Lipinski definition) is 1. The van der Waals surface area contributed by atoms with E-state index in [-0.39, 0.29) is 47.7 Å². The molecule has 14 heteroatoms. The van der Waals surface area contributed by atoms with Crippen molar-refractivity contribution in [3.63, 3.8) is 0 Å². The summed E-state index contributed by atoms with van der Waals surface area (Å²) in [6, 6.07) is 7.08. The van der Waals surface area contributed by atoms with Gasteiger partial charge in [0.15, 0.2) is 5.78 Å². The normalized spacial score (nSPS) is 15.2. The van der Waals surface area contributed by atoms with Gasteiger partial charge in [-0.2, -0.15) is 17.5 Å². The number of rotatable bonds is 9. The summed E-state index contributed by atoms with van der Waals surface area (Å²) in [5.41, 5.74) is -2.37. The molecule has 0 aromatic heterocycles. The van der Waals surface area contributed by atoms with Crippen LogP contribution in [0.3, 0.4) is 0 Å². The quantitative estimate of drug-likeness (QED) is 0.218. The second-order valence-corrected chi connectivity index (χ2v) is 10.2. The number of anilines is 1. The Morgan fingerprint density at radius 1 is 1.16 bits per heavy atom. The number of ketones is 1. The molecule has 200 valence electrons. The van der Waals surface area contributed by atoms with E-state index in [1.165, 1.54) is 22.5 Å². The van der Waals surface area contributed by atoms with Crippen LogP contribution in [-0.4, -0.2) is 55.6 Å². The molecule has 37 heavy (non-hydrogen) atoms. The molecule has 0 radical (unpaired) electrons. The van der Waals surface area contributed by atoms with Crippen LogP contribution in [-0.2, 0) is 25.7 Å². The van der Waals surface area contributed by atoms with E-state index in [0.29, 0.717) is 25.0 Å². The molecule has 1 saturated heterocycles. The number of nitro benzene ring substituents is 1. The lowest BCUT2D eigenvalue weighted by molar-refractivity contribution is -0.384. The van der Waals surface area contributed by atoms with E-state index in [4.69, 9.17) is 4.74 Å². The second-order valence-electron chi connectivity index (χ2n) is 8.22. The maximum Gasteiger partial charge on any atom is 0.416 e. The Kier molecular flexibility index (Phi) is 8.53. The monoisotopic (exact) mass is 543 g/mol. The van der Waals surface area contributed by atoms with Crippen molar-refractivity contribution in [3.8, 4) is 0 Å². The summed E-state index contributed by atoms with van der Waals surface area (Å²) in [7, 11) is -3.97. The van der Waals surface area contributed by atoms with Crippen LogP contribution in [0.5, 0.6) is 0 Å². The first-order chi connectivity index (χ1) is 17.3. The topological polar surface area (TPSA) is 136 Å². The first-order valence-corrected chi connectivity index (χ1v) is 12.7. The fourth-order valence-electron chi connectivity index (χ4n) is 3.86. The molecule has 10 nitrogen and oxygen atoms in total. The smallest absolute Gasteiger partial charge is 0.416 e. The molecule has 0 saturated carbocycles. The van der Waals surface area contributed by atoms with Crippen LogP contribution in [0.2, 0.25) is 0 Å². The van der Waals surface area contributed by atoms with Gasteiger partial charge >= 0.3 is 12.1 Å². The predicted molar refractivity (Wildman–Crippen MR) is 125 cm³/mol. The number of hydrogen-bond acceptors (Lipinski definition) is 8. The number of ether oxygens (including phenoxy) is 1.